The van der Waals surface area contributed by atoms with E-state index in [0.717, 1.165) is 0 Å². The van der Waals surface area contributed by atoms with Gasteiger partial charge in [-0.2, -0.15) is 0 Å². The summed E-state index contributed by atoms with van der Waals surface area (Å²) >= 11 is 0. The SMILES string of the molecule is CC(C)C(O)C1CCCCC1(C)C. The molecule has 78 valence electrons. The second kappa shape index (κ2) is 4.00. The van der Waals surface area contributed by atoms with Crippen molar-refractivity contribution in [2.24, 2.45) is 17.3 Å². The van der Waals surface area contributed by atoms with Crippen molar-refractivity contribution < 1.29 is 5.11 Å². The van der Waals surface area contributed by atoms with Gasteiger partial charge in [0.15, 0.2) is 0 Å². The minimum Gasteiger partial charge on any atom is -0.393 e. The summed E-state index contributed by atoms with van der Waals surface area (Å²) in [7, 11) is 0. The standard InChI is InChI=1S/C12H24O/c1-9(2)11(13)10-7-5-6-8-12(10,3)4/h9-11,13H,5-8H2,1-4H3. The van der Waals surface area contributed by atoms with Gasteiger partial charge >= 0.3 is 0 Å². The summed E-state index contributed by atoms with van der Waals surface area (Å²) in [5.41, 5.74) is 0.349. The average molecular weight is 184 g/mol. The topological polar surface area (TPSA) is 20.2 Å². The van der Waals surface area contributed by atoms with Crippen LogP contribution in [-0.4, -0.2) is 11.2 Å². The van der Waals surface area contributed by atoms with Crippen molar-refractivity contribution in [3.05, 3.63) is 0 Å². The summed E-state index contributed by atoms with van der Waals surface area (Å²) in [4.78, 5) is 0. The molecule has 1 nitrogen and oxygen atoms in total. The van der Waals surface area contributed by atoms with Gasteiger partial charge in [-0.15, -0.1) is 0 Å². The highest BCUT2D eigenvalue weighted by Gasteiger charge is 2.37. The molecule has 1 N–H and O–H groups in total. The molecule has 2 unspecified atom stereocenters. The first kappa shape index (κ1) is 11.0. The Morgan fingerprint density at radius 2 is 1.85 bits per heavy atom. The second-order valence-electron chi connectivity index (χ2n) is 5.58. The van der Waals surface area contributed by atoms with Crippen molar-refractivity contribution in [1.29, 1.82) is 0 Å². The molecule has 0 aromatic heterocycles. The van der Waals surface area contributed by atoms with E-state index in [-0.39, 0.29) is 6.10 Å². The Kier molecular flexibility index (Phi) is 3.39. The van der Waals surface area contributed by atoms with E-state index in [4.69, 9.17) is 0 Å². The molecule has 1 rings (SSSR count). The van der Waals surface area contributed by atoms with E-state index in [0.29, 0.717) is 17.3 Å². The summed E-state index contributed by atoms with van der Waals surface area (Å²) in [5.74, 6) is 0.920. The average Bonchev–Trinajstić information content (AvgIpc) is 2.02. The smallest absolute Gasteiger partial charge is 0.0596 e. The molecule has 0 bridgehead atoms. The fourth-order valence-corrected chi connectivity index (χ4v) is 2.62. The largest absolute Gasteiger partial charge is 0.393 e. The van der Waals surface area contributed by atoms with Crippen LogP contribution in [0.25, 0.3) is 0 Å². The van der Waals surface area contributed by atoms with E-state index >= 15 is 0 Å². The summed E-state index contributed by atoms with van der Waals surface area (Å²) in [6.45, 7) is 8.86. The highest BCUT2D eigenvalue weighted by atomic mass is 16.3. The maximum atomic E-state index is 10.1. The van der Waals surface area contributed by atoms with Crippen LogP contribution in [0.15, 0.2) is 0 Å². The molecular weight excluding hydrogens is 160 g/mol. The van der Waals surface area contributed by atoms with E-state index in [9.17, 15) is 5.11 Å². The first-order valence-corrected chi connectivity index (χ1v) is 5.63. The van der Waals surface area contributed by atoms with E-state index in [1.54, 1.807) is 0 Å². The van der Waals surface area contributed by atoms with Gasteiger partial charge in [-0.25, -0.2) is 0 Å². The molecule has 0 saturated heterocycles. The van der Waals surface area contributed by atoms with Crippen LogP contribution >= 0.6 is 0 Å². The molecular formula is C12H24O. The Morgan fingerprint density at radius 1 is 1.23 bits per heavy atom. The number of aliphatic hydroxyl groups excluding tert-OH is 1. The molecule has 0 aliphatic heterocycles. The van der Waals surface area contributed by atoms with Crippen LogP contribution in [0, 0.1) is 17.3 Å². The molecule has 2 atom stereocenters. The third kappa shape index (κ3) is 2.46. The highest BCUT2D eigenvalue weighted by Crippen LogP contribution is 2.43. The molecule has 1 aliphatic rings. The van der Waals surface area contributed by atoms with Crippen LogP contribution in [-0.2, 0) is 0 Å². The maximum Gasteiger partial charge on any atom is 0.0596 e. The van der Waals surface area contributed by atoms with Crippen LogP contribution in [0.2, 0.25) is 0 Å². The minimum absolute atomic E-state index is 0.102. The maximum absolute atomic E-state index is 10.1. The third-order valence-electron chi connectivity index (χ3n) is 3.69. The van der Waals surface area contributed by atoms with Crippen molar-refractivity contribution in [1.82, 2.24) is 0 Å². The molecule has 0 radical (unpaired) electrons. The third-order valence-corrected chi connectivity index (χ3v) is 3.69. The van der Waals surface area contributed by atoms with Crippen molar-refractivity contribution >= 4 is 0 Å². The van der Waals surface area contributed by atoms with Gasteiger partial charge in [0.05, 0.1) is 6.10 Å². The van der Waals surface area contributed by atoms with Gasteiger partial charge < -0.3 is 5.11 Å². The van der Waals surface area contributed by atoms with Crippen LogP contribution in [0.1, 0.15) is 53.4 Å². The number of hydrogen-bond donors (Lipinski definition) is 1. The molecule has 0 amide bonds. The molecule has 1 fully saturated rings. The molecule has 0 aromatic rings. The summed E-state index contributed by atoms with van der Waals surface area (Å²) in [5, 5.41) is 10.1. The summed E-state index contributed by atoms with van der Waals surface area (Å²) in [6, 6.07) is 0. The Bertz CT molecular complexity index is 161. The molecule has 0 spiro atoms. The van der Waals surface area contributed by atoms with Gasteiger partial charge in [-0.05, 0) is 30.1 Å². The molecule has 1 heteroatoms. The monoisotopic (exact) mass is 184 g/mol. The Balaban J connectivity index is 2.65. The fourth-order valence-electron chi connectivity index (χ4n) is 2.62. The molecule has 0 heterocycles. The van der Waals surface area contributed by atoms with E-state index < -0.39 is 0 Å². The van der Waals surface area contributed by atoms with Gasteiger partial charge in [0, 0.05) is 0 Å². The van der Waals surface area contributed by atoms with Crippen LogP contribution < -0.4 is 0 Å². The van der Waals surface area contributed by atoms with Crippen molar-refractivity contribution in [2.75, 3.05) is 0 Å². The first-order chi connectivity index (χ1) is 5.95. The Labute approximate surface area is 82.5 Å². The zero-order valence-electron chi connectivity index (χ0n) is 9.51. The predicted octanol–water partition coefficient (Wildman–Crippen LogP) is 3.22. The van der Waals surface area contributed by atoms with E-state index in [1.165, 1.54) is 25.7 Å². The fraction of sp³-hybridized carbons (Fsp3) is 1.00. The zero-order valence-corrected chi connectivity index (χ0v) is 9.51. The van der Waals surface area contributed by atoms with Crippen LogP contribution in [0.4, 0.5) is 0 Å². The van der Waals surface area contributed by atoms with E-state index in [1.807, 2.05) is 0 Å². The lowest BCUT2D eigenvalue weighted by atomic mass is 9.65. The zero-order chi connectivity index (χ0) is 10.1. The lowest BCUT2D eigenvalue weighted by Crippen LogP contribution is -2.39. The second-order valence-corrected chi connectivity index (χ2v) is 5.58. The first-order valence-electron chi connectivity index (χ1n) is 5.63. The molecule has 1 saturated carbocycles. The number of hydrogen-bond acceptors (Lipinski definition) is 1. The van der Waals surface area contributed by atoms with Crippen molar-refractivity contribution in [3.63, 3.8) is 0 Å². The minimum atomic E-state index is -0.102. The Morgan fingerprint density at radius 3 is 2.31 bits per heavy atom. The molecule has 0 aromatic carbocycles. The number of aliphatic hydroxyl groups is 1. The van der Waals surface area contributed by atoms with Crippen molar-refractivity contribution in [3.8, 4) is 0 Å². The van der Waals surface area contributed by atoms with Gasteiger partial charge in [0.2, 0.25) is 0 Å². The van der Waals surface area contributed by atoms with Gasteiger partial charge in [-0.1, -0.05) is 40.5 Å². The number of rotatable bonds is 2. The van der Waals surface area contributed by atoms with Crippen LogP contribution in [0.5, 0.6) is 0 Å². The van der Waals surface area contributed by atoms with Gasteiger partial charge in [0.25, 0.3) is 0 Å². The van der Waals surface area contributed by atoms with E-state index in [2.05, 4.69) is 27.7 Å². The summed E-state index contributed by atoms with van der Waals surface area (Å²) in [6.07, 6.45) is 5.04. The van der Waals surface area contributed by atoms with Crippen molar-refractivity contribution in [2.45, 2.75) is 59.5 Å². The normalized spacial score (nSPS) is 30.5. The highest BCUT2D eigenvalue weighted by molar-refractivity contribution is 4.87. The predicted molar refractivity (Wildman–Crippen MR) is 56.6 cm³/mol. The lowest BCUT2D eigenvalue weighted by molar-refractivity contribution is -0.0203. The summed E-state index contributed by atoms with van der Waals surface area (Å²) < 4.78 is 0. The quantitative estimate of drug-likeness (QED) is 0.698. The molecule has 13 heavy (non-hydrogen) atoms. The Hall–Kier alpha value is -0.0400. The lowest BCUT2D eigenvalue weighted by Gasteiger charge is -2.42. The van der Waals surface area contributed by atoms with Gasteiger partial charge in [-0.3, -0.25) is 0 Å². The van der Waals surface area contributed by atoms with Gasteiger partial charge in [0.1, 0.15) is 0 Å². The molecule has 1 aliphatic carbocycles. The van der Waals surface area contributed by atoms with Crippen LogP contribution in [0.3, 0.4) is 0 Å².